The summed E-state index contributed by atoms with van der Waals surface area (Å²) in [6.07, 6.45) is 2.33. The predicted octanol–water partition coefficient (Wildman–Crippen LogP) is 2.55. The molecule has 0 unspecified atom stereocenters. The van der Waals surface area contributed by atoms with Gasteiger partial charge in [0.1, 0.15) is 5.65 Å². The summed E-state index contributed by atoms with van der Waals surface area (Å²) in [6, 6.07) is 15.4. The SMILES string of the molecule is CC(=O)N[C@H](CC(=O)N1CCN(Cc2c(C)nc3ccccn23)CC1)c1ccccc1. The normalized spacial score (nSPS) is 15.7. The van der Waals surface area contributed by atoms with Crippen LogP contribution in [0.15, 0.2) is 54.7 Å². The van der Waals surface area contributed by atoms with Crippen LogP contribution in [0.25, 0.3) is 5.65 Å². The van der Waals surface area contributed by atoms with E-state index in [1.807, 2.05) is 60.4 Å². The van der Waals surface area contributed by atoms with Crippen LogP contribution < -0.4 is 5.32 Å². The number of hydrogen-bond donors (Lipinski definition) is 1. The molecule has 0 aliphatic carbocycles. The second kappa shape index (κ2) is 9.31. The molecule has 7 nitrogen and oxygen atoms in total. The number of rotatable bonds is 6. The first kappa shape index (κ1) is 21.1. The molecule has 7 heteroatoms. The van der Waals surface area contributed by atoms with Crippen molar-refractivity contribution in [3.05, 3.63) is 71.7 Å². The maximum absolute atomic E-state index is 13.0. The van der Waals surface area contributed by atoms with E-state index in [-0.39, 0.29) is 24.3 Å². The molecular weight excluding hydrogens is 390 g/mol. The third-order valence-corrected chi connectivity index (χ3v) is 5.89. The zero-order valence-corrected chi connectivity index (χ0v) is 18.1. The Kier molecular flexibility index (Phi) is 6.32. The minimum atomic E-state index is -0.301. The minimum absolute atomic E-state index is 0.0771. The Morgan fingerprint density at radius 1 is 1.03 bits per heavy atom. The van der Waals surface area contributed by atoms with E-state index in [1.165, 1.54) is 12.6 Å². The zero-order chi connectivity index (χ0) is 21.8. The van der Waals surface area contributed by atoms with Crippen LogP contribution >= 0.6 is 0 Å². The van der Waals surface area contributed by atoms with Crippen LogP contribution in [-0.4, -0.2) is 57.2 Å². The average molecular weight is 420 g/mol. The van der Waals surface area contributed by atoms with Crippen molar-refractivity contribution in [3.8, 4) is 0 Å². The van der Waals surface area contributed by atoms with E-state index in [0.717, 1.165) is 36.5 Å². The number of pyridine rings is 1. The largest absolute Gasteiger partial charge is 0.349 e. The van der Waals surface area contributed by atoms with Gasteiger partial charge in [-0.2, -0.15) is 0 Å². The second-order valence-electron chi connectivity index (χ2n) is 8.10. The highest BCUT2D eigenvalue weighted by Crippen LogP contribution is 2.20. The summed E-state index contributed by atoms with van der Waals surface area (Å²) < 4.78 is 2.14. The molecule has 162 valence electrons. The maximum Gasteiger partial charge on any atom is 0.225 e. The summed E-state index contributed by atoms with van der Waals surface area (Å²) in [7, 11) is 0. The molecule has 1 aliphatic heterocycles. The van der Waals surface area contributed by atoms with Gasteiger partial charge in [0.2, 0.25) is 11.8 Å². The van der Waals surface area contributed by atoms with Gasteiger partial charge in [-0.1, -0.05) is 36.4 Å². The lowest BCUT2D eigenvalue weighted by molar-refractivity contribution is -0.133. The Morgan fingerprint density at radius 3 is 2.45 bits per heavy atom. The molecule has 0 bridgehead atoms. The Morgan fingerprint density at radius 2 is 1.74 bits per heavy atom. The van der Waals surface area contributed by atoms with Gasteiger partial charge in [-0.05, 0) is 24.6 Å². The molecule has 0 spiro atoms. The molecule has 3 heterocycles. The van der Waals surface area contributed by atoms with Crippen LogP contribution in [0.4, 0.5) is 0 Å². The highest BCUT2D eigenvalue weighted by atomic mass is 16.2. The van der Waals surface area contributed by atoms with Crippen LogP contribution in [0.1, 0.15) is 36.3 Å². The monoisotopic (exact) mass is 419 g/mol. The third kappa shape index (κ3) is 4.94. The van der Waals surface area contributed by atoms with Crippen molar-refractivity contribution in [1.29, 1.82) is 0 Å². The van der Waals surface area contributed by atoms with Crippen molar-refractivity contribution < 1.29 is 9.59 Å². The Hall–Kier alpha value is -3.19. The van der Waals surface area contributed by atoms with Crippen molar-refractivity contribution in [2.24, 2.45) is 0 Å². The van der Waals surface area contributed by atoms with Gasteiger partial charge in [0.05, 0.1) is 23.9 Å². The van der Waals surface area contributed by atoms with E-state index in [4.69, 9.17) is 0 Å². The Balaban J connectivity index is 1.36. The molecule has 2 aromatic heterocycles. The van der Waals surface area contributed by atoms with Crippen molar-refractivity contribution in [2.75, 3.05) is 26.2 Å². The van der Waals surface area contributed by atoms with Gasteiger partial charge in [0, 0.05) is 45.8 Å². The number of hydrogen-bond acceptors (Lipinski definition) is 4. The van der Waals surface area contributed by atoms with Crippen LogP contribution in [0.2, 0.25) is 0 Å². The Bertz CT molecular complexity index is 1050. The summed E-state index contributed by atoms with van der Waals surface area (Å²) in [4.78, 5) is 33.5. The molecule has 1 atom stereocenters. The van der Waals surface area contributed by atoms with E-state index < -0.39 is 0 Å². The van der Waals surface area contributed by atoms with Crippen LogP contribution in [0.3, 0.4) is 0 Å². The molecular formula is C24H29N5O2. The fourth-order valence-electron chi connectivity index (χ4n) is 4.21. The van der Waals surface area contributed by atoms with E-state index in [2.05, 4.69) is 25.8 Å². The van der Waals surface area contributed by atoms with Gasteiger partial charge >= 0.3 is 0 Å². The van der Waals surface area contributed by atoms with Crippen LogP contribution in [0, 0.1) is 6.92 Å². The smallest absolute Gasteiger partial charge is 0.225 e. The molecule has 31 heavy (non-hydrogen) atoms. The highest BCUT2D eigenvalue weighted by molar-refractivity contribution is 5.79. The molecule has 1 saturated heterocycles. The third-order valence-electron chi connectivity index (χ3n) is 5.89. The lowest BCUT2D eigenvalue weighted by Gasteiger charge is -2.35. The van der Waals surface area contributed by atoms with E-state index >= 15 is 0 Å². The number of amides is 2. The molecule has 3 aromatic rings. The molecule has 1 fully saturated rings. The standard InChI is InChI=1S/C24H29N5O2/c1-18-22(29-11-7-6-10-23(29)25-18)17-27-12-14-28(15-13-27)24(31)16-21(26-19(2)30)20-8-4-3-5-9-20/h3-11,21H,12-17H2,1-2H3,(H,26,30)/t21-/m1/s1. The molecule has 1 N–H and O–H groups in total. The number of imidazole rings is 1. The van der Waals surface area contributed by atoms with Crippen molar-refractivity contribution in [1.82, 2.24) is 24.5 Å². The van der Waals surface area contributed by atoms with Gasteiger partial charge < -0.3 is 14.6 Å². The summed E-state index contributed by atoms with van der Waals surface area (Å²) >= 11 is 0. The van der Waals surface area contributed by atoms with Crippen LogP contribution in [-0.2, 0) is 16.1 Å². The molecule has 1 aliphatic rings. The lowest BCUT2D eigenvalue weighted by atomic mass is 10.0. The minimum Gasteiger partial charge on any atom is -0.349 e. The fourth-order valence-corrected chi connectivity index (χ4v) is 4.21. The van der Waals surface area contributed by atoms with Gasteiger partial charge in [-0.15, -0.1) is 0 Å². The number of aryl methyl sites for hydroxylation is 1. The summed E-state index contributed by atoms with van der Waals surface area (Å²) in [5.41, 5.74) is 4.16. The first-order valence-corrected chi connectivity index (χ1v) is 10.8. The van der Waals surface area contributed by atoms with E-state index in [1.54, 1.807) is 0 Å². The predicted molar refractivity (Wildman–Crippen MR) is 119 cm³/mol. The molecule has 0 saturated carbocycles. The number of aromatic nitrogens is 2. The Labute approximate surface area is 182 Å². The number of piperazine rings is 1. The first-order valence-electron chi connectivity index (χ1n) is 10.8. The number of carbonyl (C=O) groups is 2. The quantitative estimate of drug-likeness (QED) is 0.667. The van der Waals surface area contributed by atoms with Gasteiger partial charge in [0.25, 0.3) is 0 Å². The van der Waals surface area contributed by atoms with Crippen molar-refractivity contribution in [2.45, 2.75) is 32.9 Å². The van der Waals surface area contributed by atoms with Gasteiger partial charge in [0.15, 0.2) is 0 Å². The van der Waals surface area contributed by atoms with E-state index in [0.29, 0.717) is 13.1 Å². The molecule has 1 aromatic carbocycles. The second-order valence-corrected chi connectivity index (χ2v) is 8.10. The topological polar surface area (TPSA) is 70.0 Å². The maximum atomic E-state index is 13.0. The van der Waals surface area contributed by atoms with Gasteiger partial charge in [-0.25, -0.2) is 4.98 Å². The number of benzene rings is 1. The van der Waals surface area contributed by atoms with Gasteiger partial charge in [-0.3, -0.25) is 14.5 Å². The van der Waals surface area contributed by atoms with Crippen LogP contribution in [0.5, 0.6) is 0 Å². The summed E-state index contributed by atoms with van der Waals surface area (Å²) in [5.74, 6) is -0.0527. The lowest BCUT2D eigenvalue weighted by Crippen LogP contribution is -2.49. The van der Waals surface area contributed by atoms with E-state index in [9.17, 15) is 9.59 Å². The summed E-state index contributed by atoms with van der Waals surface area (Å²) in [6.45, 7) is 7.38. The fraction of sp³-hybridized carbons (Fsp3) is 0.375. The number of nitrogens with zero attached hydrogens (tertiary/aromatic N) is 4. The van der Waals surface area contributed by atoms with Crippen molar-refractivity contribution in [3.63, 3.8) is 0 Å². The zero-order valence-electron chi connectivity index (χ0n) is 18.1. The first-order chi connectivity index (χ1) is 15.0. The highest BCUT2D eigenvalue weighted by Gasteiger charge is 2.25. The average Bonchev–Trinajstić information content (AvgIpc) is 3.09. The molecule has 0 radical (unpaired) electrons. The number of fused-ring (bicyclic) bond motifs is 1. The number of carbonyl (C=O) groups excluding carboxylic acids is 2. The van der Waals surface area contributed by atoms with Crippen molar-refractivity contribution >= 4 is 17.5 Å². The molecule has 2 amide bonds. The molecule has 4 rings (SSSR count). The summed E-state index contributed by atoms with van der Waals surface area (Å²) in [5, 5.41) is 2.92. The number of nitrogens with one attached hydrogen (secondary N) is 1.